The summed E-state index contributed by atoms with van der Waals surface area (Å²) in [5, 5.41) is 4.37. The molecule has 16 heavy (non-hydrogen) atoms. The summed E-state index contributed by atoms with van der Waals surface area (Å²) in [6.45, 7) is 0. The van der Waals surface area contributed by atoms with Gasteiger partial charge in [-0.15, -0.1) is 0 Å². The fourth-order valence-corrected chi connectivity index (χ4v) is 2.74. The van der Waals surface area contributed by atoms with E-state index < -0.39 is 0 Å². The second-order valence-corrected chi connectivity index (χ2v) is 5.72. The Bertz CT molecular complexity index is 346. The highest BCUT2D eigenvalue weighted by molar-refractivity contribution is 9.10. The fraction of sp³-hybridized carbons (Fsp3) is 0.538. The first kappa shape index (κ1) is 12.3. The molecule has 0 bridgehead atoms. The summed E-state index contributed by atoms with van der Waals surface area (Å²) >= 11 is 9.43. The zero-order chi connectivity index (χ0) is 11.4. The molecule has 0 heterocycles. The predicted molar refractivity (Wildman–Crippen MR) is 74.3 cm³/mol. The first-order valence-corrected chi connectivity index (χ1v) is 7.14. The van der Waals surface area contributed by atoms with Gasteiger partial charge >= 0.3 is 0 Å². The van der Waals surface area contributed by atoms with E-state index in [4.69, 9.17) is 11.6 Å². The van der Waals surface area contributed by atoms with Gasteiger partial charge < -0.3 is 5.32 Å². The van der Waals surface area contributed by atoms with Gasteiger partial charge in [0.25, 0.3) is 0 Å². The third kappa shape index (κ3) is 3.39. The van der Waals surface area contributed by atoms with E-state index in [-0.39, 0.29) is 0 Å². The first-order valence-electron chi connectivity index (χ1n) is 5.97. The molecule has 0 radical (unpaired) electrons. The van der Waals surface area contributed by atoms with Gasteiger partial charge in [-0.2, -0.15) is 0 Å². The van der Waals surface area contributed by atoms with Crippen LogP contribution in [0.3, 0.4) is 0 Å². The molecule has 1 aliphatic rings. The van der Waals surface area contributed by atoms with Gasteiger partial charge in [0.1, 0.15) is 0 Å². The van der Waals surface area contributed by atoms with Crippen LogP contribution in [0.5, 0.6) is 0 Å². The van der Waals surface area contributed by atoms with Gasteiger partial charge in [-0.25, -0.2) is 0 Å². The molecule has 1 fully saturated rings. The molecule has 0 unspecified atom stereocenters. The van der Waals surface area contributed by atoms with Crippen molar-refractivity contribution in [3.05, 3.63) is 27.7 Å². The lowest BCUT2D eigenvalue weighted by Gasteiger charge is -2.17. The normalized spacial score (nSPS) is 18.1. The van der Waals surface area contributed by atoms with Crippen molar-refractivity contribution in [1.82, 2.24) is 0 Å². The standard InChI is InChI=1S/C13H17BrClN/c14-12-9-11(7-8-13(12)15)16-10-5-3-1-2-4-6-10/h7-10,16H,1-6H2. The van der Waals surface area contributed by atoms with Crippen LogP contribution >= 0.6 is 27.5 Å². The Kier molecular flexibility index (Phi) is 4.54. The second kappa shape index (κ2) is 5.92. The summed E-state index contributed by atoms with van der Waals surface area (Å²) in [7, 11) is 0. The molecule has 0 aliphatic heterocycles. The maximum absolute atomic E-state index is 5.97. The van der Waals surface area contributed by atoms with E-state index in [1.54, 1.807) is 0 Å². The molecular weight excluding hydrogens is 286 g/mol. The van der Waals surface area contributed by atoms with E-state index in [0.29, 0.717) is 6.04 Å². The molecular formula is C13H17BrClN. The van der Waals surface area contributed by atoms with Gasteiger partial charge in [0.15, 0.2) is 0 Å². The number of hydrogen-bond donors (Lipinski definition) is 1. The highest BCUT2D eigenvalue weighted by Crippen LogP contribution is 2.27. The molecule has 0 spiro atoms. The lowest BCUT2D eigenvalue weighted by molar-refractivity contribution is 0.620. The third-order valence-corrected chi connectivity index (χ3v) is 4.36. The number of nitrogens with one attached hydrogen (secondary N) is 1. The summed E-state index contributed by atoms with van der Waals surface area (Å²) in [6.07, 6.45) is 8.07. The minimum atomic E-state index is 0.635. The van der Waals surface area contributed by atoms with E-state index in [1.807, 2.05) is 6.07 Å². The molecule has 88 valence electrons. The van der Waals surface area contributed by atoms with Crippen LogP contribution in [0.15, 0.2) is 22.7 Å². The lowest BCUT2D eigenvalue weighted by Crippen LogP contribution is -2.18. The minimum absolute atomic E-state index is 0.635. The molecule has 3 heteroatoms. The van der Waals surface area contributed by atoms with Crippen molar-refractivity contribution in [1.29, 1.82) is 0 Å². The van der Waals surface area contributed by atoms with E-state index in [0.717, 1.165) is 9.50 Å². The number of benzene rings is 1. The van der Waals surface area contributed by atoms with Crippen molar-refractivity contribution in [2.24, 2.45) is 0 Å². The lowest BCUT2D eigenvalue weighted by atomic mass is 10.1. The minimum Gasteiger partial charge on any atom is -0.382 e. The molecule has 0 aromatic heterocycles. The Morgan fingerprint density at radius 3 is 2.44 bits per heavy atom. The van der Waals surface area contributed by atoms with Gasteiger partial charge in [-0.1, -0.05) is 37.3 Å². The number of rotatable bonds is 2. The number of hydrogen-bond acceptors (Lipinski definition) is 1. The van der Waals surface area contributed by atoms with Gasteiger partial charge in [0, 0.05) is 16.2 Å². The summed E-state index contributed by atoms with van der Waals surface area (Å²) in [5.41, 5.74) is 1.17. The molecule has 1 nitrogen and oxygen atoms in total. The fourth-order valence-electron chi connectivity index (χ4n) is 2.25. The van der Waals surface area contributed by atoms with Crippen LogP contribution in [-0.4, -0.2) is 6.04 Å². The first-order chi connectivity index (χ1) is 7.75. The molecule has 1 aliphatic carbocycles. The summed E-state index contributed by atoms with van der Waals surface area (Å²) in [5.74, 6) is 0. The largest absolute Gasteiger partial charge is 0.382 e. The molecule has 0 atom stereocenters. The summed E-state index contributed by atoms with van der Waals surface area (Å²) in [4.78, 5) is 0. The quantitative estimate of drug-likeness (QED) is 0.737. The van der Waals surface area contributed by atoms with Crippen molar-refractivity contribution in [3.8, 4) is 0 Å². The van der Waals surface area contributed by atoms with Crippen molar-refractivity contribution < 1.29 is 0 Å². The highest BCUT2D eigenvalue weighted by Gasteiger charge is 2.12. The Morgan fingerprint density at radius 1 is 1.12 bits per heavy atom. The molecule has 1 saturated carbocycles. The average Bonchev–Trinajstić information content (AvgIpc) is 2.52. The molecule has 0 amide bonds. The van der Waals surface area contributed by atoms with Crippen molar-refractivity contribution in [3.63, 3.8) is 0 Å². The van der Waals surface area contributed by atoms with Crippen molar-refractivity contribution >= 4 is 33.2 Å². The molecule has 0 saturated heterocycles. The average molecular weight is 303 g/mol. The molecule has 1 aromatic rings. The van der Waals surface area contributed by atoms with Gasteiger partial charge in [0.05, 0.1) is 5.02 Å². The van der Waals surface area contributed by atoms with E-state index >= 15 is 0 Å². The topological polar surface area (TPSA) is 12.0 Å². The molecule has 2 rings (SSSR count). The Labute approximate surface area is 111 Å². The number of halogens is 2. The monoisotopic (exact) mass is 301 g/mol. The number of anilines is 1. The zero-order valence-electron chi connectivity index (χ0n) is 9.31. The predicted octanol–water partition coefficient (Wildman–Crippen LogP) is 5.24. The van der Waals surface area contributed by atoms with Crippen molar-refractivity contribution in [2.45, 2.75) is 44.6 Å². The van der Waals surface area contributed by atoms with Crippen LogP contribution in [0.2, 0.25) is 5.02 Å². The van der Waals surface area contributed by atoms with E-state index in [9.17, 15) is 0 Å². The summed E-state index contributed by atoms with van der Waals surface area (Å²) in [6, 6.07) is 6.69. The Morgan fingerprint density at radius 2 is 1.81 bits per heavy atom. The van der Waals surface area contributed by atoms with Crippen molar-refractivity contribution in [2.75, 3.05) is 5.32 Å². The van der Waals surface area contributed by atoms with Gasteiger partial charge in [-0.3, -0.25) is 0 Å². The van der Waals surface area contributed by atoms with Crippen LogP contribution in [0.1, 0.15) is 38.5 Å². The zero-order valence-corrected chi connectivity index (χ0v) is 11.6. The highest BCUT2D eigenvalue weighted by atomic mass is 79.9. The summed E-state index contributed by atoms with van der Waals surface area (Å²) < 4.78 is 0.966. The maximum Gasteiger partial charge on any atom is 0.0549 e. The molecule has 1 aromatic carbocycles. The maximum atomic E-state index is 5.97. The van der Waals surface area contributed by atoms with E-state index in [1.165, 1.54) is 44.2 Å². The van der Waals surface area contributed by atoms with Crippen LogP contribution in [0, 0.1) is 0 Å². The SMILES string of the molecule is Clc1ccc(NC2CCCCCC2)cc1Br. The van der Waals surface area contributed by atoms with Crippen LogP contribution in [0.4, 0.5) is 5.69 Å². The van der Waals surface area contributed by atoms with Crippen LogP contribution in [0.25, 0.3) is 0 Å². The second-order valence-electron chi connectivity index (χ2n) is 4.46. The van der Waals surface area contributed by atoms with Gasteiger partial charge in [0.2, 0.25) is 0 Å². The van der Waals surface area contributed by atoms with Crippen LogP contribution in [-0.2, 0) is 0 Å². The Hall–Kier alpha value is -0.210. The molecule has 1 N–H and O–H groups in total. The van der Waals surface area contributed by atoms with Crippen LogP contribution < -0.4 is 5.32 Å². The van der Waals surface area contributed by atoms with E-state index in [2.05, 4.69) is 33.4 Å². The third-order valence-electron chi connectivity index (χ3n) is 3.15. The van der Waals surface area contributed by atoms with Gasteiger partial charge in [-0.05, 0) is 47.0 Å². The smallest absolute Gasteiger partial charge is 0.0549 e. The Balaban J connectivity index is 1.99.